The number of hydrogen-bond acceptors (Lipinski definition) is 3. The molecule has 2 aromatic rings. The van der Waals surface area contributed by atoms with Crippen LogP contribution in [0.1, 0.15) is 11.1 Å². The Balaban J connectivity index is 1.50. The van der Waals surface area contributed by atoms with Gasteiger partial charge in [0, 0.05) is 30.8 Å². The molecule has 1 aliphatic rings. The maximum atomic E-state index is 12.0. The maximum absolute atomic E-state index is 12.0. The quantitative estimate of drug-likeness (QED) is 0.786. The molecular weight excluding hydrogens is 294 g/mol. The molecule has 3 N–H and O–H groups in total. The molecule has 3 rings (SSSR count). The van der Waals surface area contributed by atoms with E-state index in [4.69, 9.17) is 9.47 Å². The van der Waals surface area contributed by atoms with Crippen molar-refractivity contribution in [1.29, 1.82) is 0 Å². The molecule has 124 valence electrons. The van der Waals surface area contributed by atoms with Crippen LogP contribution in [0, 0.1) is 6.92 Å². The lowest BCUT2D eigenvalue weighted by Crippen LogP contribution is -2.48. The van der Waals surface area contributed by atoms with Crippen LogP contribution in [0.4, 0.5) is 4.79 Å². The van der Waals surface area contributed by atoms with Crippen LogP contribution >= 0.6 is 0 Å². The molecule has 1 aliphatic heterocycles. The van der Waals surface area contributed by atoms with Gasteiger partial charge in [-0.05, 0) is 31.0 Å². The number of urea groups is 1. The summed E-state index contributed by atoms with van der Waals surface area (Å²) in [6.45, 7) is 3.68. The average Bonchev–Trinajstić information content (AvgIpc) is 3.14. The van der Waals surface area contributed by atoms with Gasteiger partial charge in [-0.1, -0.05) is 11.6 Å². The second-order valence-corrected chi connectivity index (χ2v) is 5.93. The predicted molar refractivity (Wildman–Crippen MR) is 88.7 cm³/mol. The highest BCUT2D eigenvalue weighted by atomic mass is 16.5. The zero-order valence-electron chi connectivity index (χ0n) is 13.5. The molecule has 6 heteroatoms. The lowest BCUT2D eigenvalue weighted by Gasteiger charge is -2.17. The molecule has 2 heterocycles. The van der Waals surface area contributed by atoms with E-state index < -0.39 is 0 Å². The zero-order chi connectivity index (χ0) is 16.2. The Hall–Kier alpha value is -2.05. The first-order chi connectivity index (χ1) is 11.2. The van der Waals surface area contributed by atoms with Crippen LogP contribution in [0.3, 0.4) is 0 Å². The Labute approximate surface area is 135 Å². The fourth-order valence-electron chi connectivity index (χ4n) is 2.93. The number of fused-ring (bicyclic) bond motifs is 1. The Kier molecular flexibility index (Phi) is 4.83. The van der Waals surface area contributed by atoms with Gasteiger partial charge in [0.2, 0.25) is 0 Å². The van der Waals surface area contributed by atoms with Crippen LogP contribution in [0.25, 0.3) is 10.9 Å². The number of rotatable bonds is 5. The Morgan fingerprint density at radius 1 is 1.43 bits per heavy atom. The van der Waals surface area contributed by atoms with Crippen molar-refractivity contribution in [2.75, 3.05) is 26.9 Å². The number of aromatic amines is 1. The van der Waals surface area contributed by atoms with Gasteiger partial charge >= 0.3 is 6.03 Å². The number of H-pyrrole nitrogens is 1. The van der Waals surface area contributed by atoms with Crippen molar-refractivity contribution in [2.45, 2.75) is 25.5 Å². The van der Waals surface area contributed by atoms with Crippen molar-refractivity contribution in [2.24, 2.45) is 0 Å². The number of carbonyl (C=O) groups is 1. The minimum absolute atomic E-state index is 0.0719. The summed E-state index contributed by atoms with van der Waals surface area (Å²) in [6.07, 6.45) is 2.72. The highest BCUT2D eigenvalue weighted by Crippen LogP contribution is 2.19. The van der Waals surface area contributed by atoms with Crippen molar-refractivity contribution in [3.8, 4) is 0 Å². The molecule has 0 radical (unpaired) electrons. The van der Waals surface area contributed by atoms with Crippen molar-refractivity contribution in [3.05, 3.63) is 35.5 Å². The van der Waals surface area contributed by atoms with Gasteiger partial charge in [-0.3, -0.25) is 0 Å². The second kappa shape index (κ2) is 7.02. The van der Waals surface area contributed by atoms with Crippen LogP contribution < -0.4 is 10.6 Å². The van der Waals surface area contributed by atoms with Crippen LogP contribution in [-0.4, -0.2) is 50.0 Å². The molecule has 0 spiro atoms. The number of methoxy groups -OCH3 is 1. The van der Waals surface area contributed by atoms with Crippen molar-refractivity contribution in [3.63, 3.8) is 0 Å². The monoisotopic (exact) mass is 317 g/mol. The lowest BCUT2D eigenvalue weighted by molar-refractivity contribution is 0.0745. The first kappa shape index (κ1) is 15.8. The number of benzene rings is 1. The van der Waals surface area contributed by atoms with E-state index in [-0.39, 0.29) is 18.2 Å². The van der Waals surface area contributed by atoms with E-state index in [9.17, 15) is 4.79 Å². The number of aryl methyl sites for hydroxylation is 1. The fourth-order valence-corrected chi connectivity index (χ4v) is 2.93. The van der Waals surface area contributed by atoms with E-state index in [0.717, 1.165) is 11.9 Å². The van der Waals surface area contributed by atoms with Gasteiger partial charge in [-0.15, -0.1) is 0 Å². The number of carbonyl (C=O) groups excluding carboxylic acids is 1. The third-order valence-corrected chi connectivity index (χ3v) is 4.25. The molecule has 0 unspecified atom stereocenters. The number of amides is 2. The van der Waals surface area contributed by atoms with Gasteiger partial charge in [-0.2, -0.15) is 0 Å². The molecule has 1 aromatic heterocycles. The van der Waals surface area contributed by atoms with Crippen LogP contribution in [-0.2, 0) is 15.9 Å². The average molecular weight is 317 g/mol. The lowest BCUT2D eigenvalue weighted by atomic mass is 10.1. The Morgan fingerprint density at radius 3 is 3.13 bits per heavy atom. The molecule has 1 aromatic carbocycles. The van der Waals surface area contributed by atoms with Gasteiger partial charge in [0.1, 0.15) is 6.10 Å². The van der Waals surface area contributed by atoms with Gasteiger partial charge in [-0.25, -0.2) is 4.79 Å². The molecule has 0 saturated carbocycles. The summed E-state index contributed by atoms with van der Waals surface area (Å²) in [4.78, 5) is 15.2. The van der Waals surface area contributed by atoms with Crippen molar-refractivity contribution in [1.82, 2.24) is 15.6 Å². The minimum atomic E-state index is -0.182. The molecule has 6 nitrogen and oxygen atoms in total. The van der Waals surface area contributed by atoms with Gasteiger partial charge in [0.05, 0.1) is 19.3 Å². The summed E-state index contributed by atoms with van der Waals surface area (Å²) in [7, 11) is 1.63. The zero-order valence-corrected chi connectivity index (χ0v) is 13.5. The van der Waals surface area contributed by atoms with Crippen molar-refractivity contribution >= 4 is 16.9 Å². The third-order valence-electron chi connectivity index (χ3n) is 4.25. The standard InChI is InChI=1S/C17H23N3O3/c1-11-3-4-14-13(7-11)12(8-19-14)5-6-18-17(21)20-15-9-23-10-16(15)22-2/h3-4,7-8,15-16,19H,5-6,9-10H2,1-2H3,(H2,18,20,21)/t15-,16-/m1/s1. The van der Waals surface area contributed by atoms with Crippen molar-refractivity contribution < 1.29 is 14.3 Å². The summed E-state index contributed by atoms with van der Waals surface area (Å²) in [5.74, 6) is 0. The van der Waals surface area contributed by atoms with E-state index in [1.165, 1.54) is 16.5 Å². The molecule has 0 aliphatic carbocycles. The van der Waals surface area contributed by atoms with E-state index in [1.54, 1.807) is 7.11 Å². The summed E-state index contributed by atoms with van der Waals surface area (Å²) in [6, 6.07) is 6.07. The first-order valence-electron chi connectivity index (χ1n) is 7.89. The van der Waals surface area contributed by atoms with E-state index in [2.05, 4.69) is 40.7 Å². The minimum Gasteiger partial charge on any atom is -0.377 e. The third kappa shape index (κ3) is 3.65. The summed E-state index contributed by atoms with van der Waals surface area (Å²) >= 11 is 0. The van der Waals surface area contributed by atoms with Crippen LogP contribution in [0.15, 0.2) is 24.4 Å². The van der Waals surface area contributed by atoms with Crippen LogP contribution in [0.5, 0.6) is 0 Å². The second-order valence-electron chi connectivity index (χ2n) is 5.93. The Bertz CT molecular complexity index is 683. The van der Waals surface area contributed by atoms with Crippen LogP contribution in [0.2, 0.25) is 0 Å². The normalized spacial score (nSPS) is 20.8. The number of aromatic nitrogens is 1. The van der Waals surface area contributed by atoms with Gasteiger partial charge in [0.15, 0.2) is 0 Å². The maximum Gasteiger partial charge on any atom is 0.315 e. The molecule has 2 atom stereocenters. The first-order valence-corrected chi connectivity index (χ1v) is 7.89. The molecule has 23 heavy (non-hydrogen) atoms. The highest BCUT2D eigenvalue weighted by molar-refractivity contribution is 5.84. The fraction of sp³-hybridized carbons (Fsp3) is 0.471. The number of hydrogen-bond donors (Lipinski definition) is 3. The van der Waals surface area contributed by atoms with E-state index in [1.807, 2.05) is 6.20 Å². The van der Waals surface area contributed by atoms with Gasteiger partial charge in [0.25, 0.3) is 0 Å². The van der Waals surface area contributed by atoms with E-state index >= 15 is 0 Å². The number of ether oxygens (including phenoxy) is 2. The summed E-state index contributed by atoms with van der Waals surface area (Å²) in [5.41, 5.74) is 3.57. The van der Waals surface area contributed by atoms with E-state index in [0.29, 0.717) is 19.8 Å². The highest BCUT2D eigenvalue weighted by Gasteiger charge is 2.29. The summed E-state index contributed by atoms with van der Waals surface area (Å²) < 4.78 is 10.6. The topological polar surface area (TPSA) is 75.4 Å². The molecule has 1 fully saturated rings. The smallest absolute Gasteiger partial charge is 0.315 e. The van der Waals surface area contributed by atoms with Gasteiger partial charge < -0.3 is 25.1 Å². The number of nitrogens with one attached hydrogen (secondary N) is 3. The Morgan fingerprint density at radius 2 is 2.30 bits per heavy atom. The predicted octanol–water partition coefficient (Wildman–Crippen LogP) is 1.73. The molecule has 2 amide bonds. The largest absolute Gasteiger partial charge is 0.377 e. The molecule has 1 saturated heterocycles. The SMILES string of the molecule is CO[C@@H]1COC[C@H]1NC(=O)NCCc1c[nH]c2ccc(C)cc12. The molecular formula is C17H23N3O3. The molecule has 0 bridgehead atoms. The summed E-state index contributed by atoms with van der Waals surface area (Å²) in [5, 5.41) is 7.01.